The summed E-state index contributed by atoms with van der Waals surface area (Å²) in [4.78, 5) is 32.0. The Morgan fingerprint density at radius 2 is 2.10 bits per heavy atom. The van der Waals surface area contributed by atoms with Crippen LogP contribution in [0.1, 0.15) is 43.8 Å². The van der Waals surface area contributed by atoms with Crippen molar-refractivity contribution in [2.75, 3.05) is 19.0 Å². The van der Waals surface area contributed by atoms with Crippen molar-refractivity contribution >= 4 is 28.5 Å². The number of carbonyl (C=O) groups is 2. The number of anilines is 1. The second kappa shape index (κ2) is 9.65. The lowest BCUT2D eigenvalue weighted by Gasteiger charge is -2.29. The van der Waals surface area contributed by atoms with Crippen molar-refractivity contribution in [3.63, 3.8) is 0 Å². The number of amides is 2. The first-order valence-corrected chi connectivity index (χ1v) is 11.0. The molecule has 1 aliphatic rings. The summed E-state index contributed by atoms with van der Waals surface area (Å²) in [6, 6.07) is 7.52. The molecule has 0 spiro atoms. The van der Waals surface area contributed by atoms with Crippen LogP contribution in [0.25, 0.3) is 0 Å². The molecular weight excluding hydrogens is 418 g/mol. The zero-order valence-electron chi connectivity index (χ0n) is 18.6. The first-order chi connectivity index (χ1) is 14.6. The Kier molecular flexibility index (Phi) is 7.17. The number of nitrogens with one attached hydrogen (secondary N) is 1. The molecular formula is C22H29N3O5S. The molecule has 1 aliphatic heterocycles. The van der Waals surface area contributed by atoms with E-state index in [4.69, 9.17) is 14.2 Å². The quantitative estimate of drug-likeness (QED) is 0.720. The third-order valence-electron chi connectivity index (χ3n) is 4.62. The number of methoxy groups -OCH3 is 1. The van der Waals surface area contributed by atoms with E-state index in [9.17, 15) is 9.59 Å². The van der Waals surface area contributed by atoms with E-state index in [1.807, 2.05) is 45.0 Å². The highest BCUT2D eigenvalue weighted by Crippen LogP contribution is 2.29. The van der Waals surface area contributed by atoms with E-state index in [0.717, 1.165) is 21.9 Å². The molecule has 0 saturated heterocycles. The number of aromatic nitrogens is 1. The monoisotopic (exact) mass is 447 g/mol. The third kappa shape index (κ3) is 6.41. The summed E-state index contributed by atoms with van der Waals surface area (Å²) in [6.07, 6.45) is -0.356. The van der Waals surface area contributed by atoms with Crippen LogP contribution in [0.5, 0.6) is 5.75 Å². The van der Waals surface area contributed by atoms with Gasteiger partial charge in [-0.3, -0.25) is 10.1 Å². The molecule has 2 amide bonds. The Bertz CT molecular complexity index is 937. The van der Waals surface area contributed by atoms with Crippen molar-refractivity contribution in [1.29, 1.82) is 0 Å². The number of benzene rings is 1. The van der Waals surface area contributed by atoms with Crippen molar-refractivity contribution in [1.82, 2.24) is 9.88 Å². The lowest BCUT2D eigenvalue weighted by molar-refractivity contribution is -0.127. The largest absolute Gasteiger partial charge is 0.497 e. The molecule has 0 bridgehead atoms. The molecule has 0 fully saturated rings. The summed E-state index contributed by atoms with van der Waals surface area (Å²) in [5, 5.41) is 3.34. The number of carbonyl (C=O) groups excluding carboxylic acids is 2. The van der Waals surface area contributed by atoms with Gasteiger partial charge in [0.25, 0.3) is 5.91 Å². The predicted molar refractivity (Wildman–Crippen MR) is 118 cm³/mol. The van der Waals surface area contributed by atoms with Crippen LogP contribution in [-0.2, 0) is 33.8 Å². The number of rotatable bonds is 6. The van der Waals surface area contributed by atoms with Crippen molar-refractivity contribution < 1.29 is 23.8 Å². The highest BCUT2D eigenvalue weighted by atomic mass is 32.1. The number of nitrogens with zero attached hydrogens (tertiary/aromatic N) is 2. The van der Waals surface area contributed by atoms with Crippen molar-refractivity contribution in [3.8, 4) is 5.75 Å². The molecule has 2 heterocycles. The van der Waals surface area contributed by atoms with Crippen LogP contribution < -0.4 is 10.1 Å². The predicted octanol–water partition coefficient (Wildman–Crippen LogP) is 3.99. The molecule has 8 nitrogen and oxygen atoms in total. The summed E-state index contributed by atoms with van der Waals surface area (Å²) < 4.78 is 16.3. The van der Waals surface area contributed by atoms with Crippen LogP contribution in [0.15, 0.2) is 24.3 Å². The van der Waals surface area contributed by atoms with Crippen LogP contribution >= 0.6 is 11.3 Å². The van der Waals surface area contributed by atoms with E-state index in [1.165, 1.54) is 11.3 Å². The Morgan fingerprint density at radius 3 is 2.81 bits per heavy atom. The zero-order chi connectivity index (χ0) is 22.6. The summed E-state index contributed by atoms with van der Waals surface area (Å²) in [7, 11) is 1.61. The van der Waals surface area contributed by atoms with Gasteiger partial charge < -0.3 is 19.1 Å². The maximum absolute atomic E-state index is 12.5. The van der Waals surface area contributed by atoms with Crippen molar-refractivity contribution in [2.45, 2.75) is 59.0 Å². The van der Waals surface area contributed by atoms with Gasteiger partial charge in [0, 0.05) is 17.8 Å². The van der Waals surface area contributed by atoms with Crippen molar-refractivity contribution in [3.05, 3.63) is 40.4 Å². The Hall–Kier alpha value is -2.65. The Balaban J connectivity index is 1.54. The second-order valence-electron chi connectivity index (χ2n) is 8.33. The lowest BCUT2D eigenvalue weighted by Crippen LogP contribution is -2.39. The molecule has 1 aromatic carbocycles. The highest BCUT2D eigenvalue weighted by molar-refractivity contribution is 7.15. The molecule has 0 saturated carbocycles. The number of ether oxygens (including phenoxy) is 3. The lowest BCUT2D eigenvalue weighted by atomic mass is 10.2. The summed E-state index contributed by atoms with van der Waals surface area (Å²) >= 11 is 1.38. The molecule has 1 aromatic heterocycles. The van der Waals surface area contributed by atoms with E-state index in [0.29, 0.717) is 31.2 Å². The fourth-order valence-electron chi connectivity index (χ4n) is 3.00. The van der Waals surface area contributed by atoms with Crippen LogP contribution in [0.2, 0.25) is 0 Å². The number of fused-ring (bicyclic) bond motifs is 1. The molecule has 0 aliphatic carbocycles. The van der Waals surface area contributed by atoms with Crippen LogP contribution in [0, 0.1) is 0 Å². The fraction of sp³-hybridized carbons (Fsp3) is 0.500. The van der Waals surface area contributed by atoms with Gasteiger partial charge in [-0.2, -0.15) is 0 Å². The molecule has 31 heavy (non-hydrogen) atoms. The average Bonchev–Trinajstić information content (AvgIpc) is 3.12. The van der Waals surface area contributed by atoms with E-state index in [1.54, 1.807) is 18.9 Å². The van der Waals surface area contributed by atoms with E-state index >= 15 is 0 Å². The number of hydrogen-bond donors (Lipinski definition) is 1. The molecule has 168 valence electrons. The van der Waals surface area contributed by atoms with Gasteiger partial charge in [-0.15, -0.1) is 0 Å². The topological polar surface area (TPSA) is 90.0 Å². The molecule has 1 atom stereocenters. The minimum Gasteiger partial charge on any atom is -0.497 e. The van der Waals surface area contributed by atoms with Gasteiger partial charge in [0.2, 0.25) is 0 Å². The SMILES string of the molecule is COc1cccc(COC(C)C(=O)Nc2nc3c(s2)CN(C(=O)OC(C)(C)C)CC3)c1. The van der Waals surface area contributed by atoms with Gasteiger partial charge in [-0.05, 0) is 45.4 Å². The summed E-state index contributed by atoms with van der Waals surface area (Å²) in [6.45, 7) is 8.51. The minimum absolute atomic E-state index is 0.266. The van der Waals surface area contributed by atoms with E-state index in [-0.39, 0.29) is 12.0 Å². The van der Waals surface area contributed by atoms with Gasteiger partial charge in [-0.1, -0.05) is 23.5 Å². The molecule has 3 rings (SSSR count). The third-order valence-corrected chi connectivity index (χ3v) is 5.61. The number of hydrogen-bond acceptors (Lipinski definition) is 7. The first kappa shape index (κ1) is 23.0. The molecule has 2 aromatic rings. The molecule has 9 heteroatoms. The van der Waals surface area contributed by atoms with Gasteiger partial charge in [0.1, 0.15) is 17.5 Å². The number of thiazole rings is 1. The van der Waals surface area contributed by atoms with Gasteiger partial charge >= 0.3 is 6.09 Å². The maximum atomic E-state index is 12.5. The van der Waals surface area contributed by atoms with Crippen LogP contribution in [0.3, 0.4) is 0 Å². The van der Waals surface area contributed by atoms with Gasteiger partial charge in [0.05, 0.1) is 26.0 Å². The standard InChI is InChI=1S/C22H29N3O5S/c1-14(29-13-15-7-6-8-16(11-15)28-5)19(26)24-20-23-17-9-10-25(12-18(17)31-20)21(27)30-22(2,3)4/h6-8,11,14H,9-10,12-13H2,1-5H3,(H,23,24,26). The van der Waals surface area contributed by atoms with Crippen LogP contribution in [0.4, 0.5) is 9.93 Å². The fourth-order valence-corrected chi connectivity index (χ4v) is 4.02. The van der Waals surface area contributed by atoms with Crippen molar-refractivity contribution in [2.24, 2.45) is 0 Å². The average molecular weight is 448 g/mol. The Morgan fingerprint density at radius 1 is 1.32 bits per heavy atom. The van der Waals surface area contributed by atoms with E-state index in [2.05, 4.69) is 10.3 Å². The second-order valence-corrected chi connectivity index (χ2v) is 9.42. The van der Waals surface area contributed by atoms with Crippen LogP contribution in [-0.4, -0.2) is 47.2 Å². The normalized spacial score (nSPS) is 14.5. The molecule has 1 unspecified atom stereocenters. The van der Waals surface area contributed by atoms with Gasteiger partial charge in [-0.25, -0.2) is 9.78 Å². The maximum Gasteiger partial charge on any atom is 0.410 e. The summed E-state index contributed by atoms with van der Waals surface area (Å²) in [5.74, 6) is 0.477. The molecule has 0 radical (unpaired) electrons. The highest BCUT2D eigenvalue weighted by Gasteiger charge is 2.28. The smallest absolute Gasteiger partial charge is 0.410 e. The Labute approximate surface area is 186 Å². The van der Waals surface area contributed by atoms with Gasteiger partial charge in [0.15, 0.2) is 5.13 Å². The summed E-state index contributed by atoms with van der Waals surface area (Å²) in [5.41, 5.74) is 1.29. The molecule has 1 N–H and O–H groups in total. The minimum atomic E-state index is -0.648. The zero-order valence-corrected chi connectivity index (χ0v) is 19.4. The first-order valence-electron chi connectivity index (χ1n) is 10.2. The van der Waals surface area contributed by atoms with E-state index < -0.39 is 11.7 Å².